The smallest absolute Gasteiger partial charge is 0.335 e. The summed E-state index contributed by atoms with van der Waals surface area (Å²) in [5.41, 5.74) is 1.29. The topological polar surface area (TPSA) is 71.3 Å². The van der Waals surface area contributed by atoms with Gasteiger partial charge in [0.1, 0.15) is 6.26 Å². The second-order valence-electron chi connectivity index (χ2n) is 4.17. The predicted octanol–water partition coefficient (Wildman–Crippen LogP) is 0.679. The van der Waals surface area contributed by atoms with Crippen molar-refractivity contribution in [1.82, 2.24) is 10.6 Å². The fourth-order valence-electron chi connectivity index (χ4n) is 1.82. The van der Waals surface area contributed by atoms with Crippen LogP contribution in [0.2, 0.25) is 0 Å². The maximum absolute atomic E-state index is 11.7. The number of carbonyl (C=O) groups excluding carboxylic acids is 1. The molecule has 1 amide bonds. The third-order valence-electron chi connectivity index (χ3n) is 2.85. The second-order valence-corrected chi connectivity index (χ2v) is 4.17. The van der Waals surface area contributed by atoms with E-state index in [1.54, 1.807) is 0 Å². The molecule has 2 rings (SSSR count). The number of rotatable bonds is 4. The van der Waals surface area contributed by atoms with E-state index in [1.807, 2.05) is 0 Å². The van der Waals surface area contributed by atoms with Crippen LogP contribution in [0.4, 0.5) is 0 Å². The highest BCUT2D eigenvalue weighted by molar-refractivity contribution is 5.93. The first-order valence-corrected chi connectivity index (χ1v) is 6.01. The van der Waals surface area contributed by atoms with Crippen molar-refractivity contribution < 1.29 is 9.21 Å². The molecule has 96 valence electrons. The van der Waals surface area contributed by atoms with E-state index >= 15 is 0 Å². The Morgan fingerprint density at radius 3 is 3.00 bits per heavy atom. The van der Waals surface area contributed by atoms with E-state index in [0.717, 1.165) is 25.9 Å². The van der Waals surface area contributed by atoms with Crippen molar-refractivity contribution in [3.8, 4) is 0 Å². The van der Waals surface area contributed by atoms with Crippen LogP contribution in [0.25, 0.3) is 0 Å². The molecule has 0 aromatic carbocycles. The molecular formula is C13H16N2O3. The number of hydrogen-bond acceptors (Lipinski definition) is 4. The molecule has 0 saturated carbocycles. The van der Waals surface area contributed by atoms with E-state index in [2.05, 4.69) is 21.1 Å². The molecule has 5 nitrogen and oxygen atoms in total. The van der Waals surface area contributed by atoms with Gasteiger partial charge in [0.2, 0.25) is 0 Å². The molecule has 0 atom stereocenters. The lowest BCUT2D eigenvalue weighted by Crippen LogP contribution is -2.26. The molecule has 18 heavy (non-hydrogen) atoms. The second kappa shape index (κ2) is 6.16. The number of hydrogen-bond donors (Lipinski definition) is 2. The fraction of sp³-hybridized carbons (Fsp3) is 0.385. The molecule has 1 aromatic heterocycles. The molecule has 1 aliphatic heterocycles. The Morgan fingerprint density at radius 1 is 1.44 bits per heavy atom. The Hall–Kier alpha value is -1.88. The van der Waals surface area contributed by atoms with Gasteiger partial charge in [0.15, 0.2) is 0 Å². The first-order chi connectivity index (χ1) is 8.75. The molecule has 5 heteroatoms. The molecule has 1 aliphatic rings. The van der Waals surface area contributed by atoms with Crippen molar-refractivity contribution in [2.75, 3.05) is 19.6 Å². The maximum Gasteiger partial charge on any atom is 0.335 e. The van der Waals surface area contributed by atoms with Gasteiger partial charge in [-0.05, 0) is 25.5 Å². The van der Waals surface area contributed by atoms with Crippen LogP contribution >= 0.6 is 0 Å². The summed E-state index contributed by atoms with van der Waals surface area (Å²) in [6.07, 6.45) is 5.25. The molecule has 0 radical (unpaired) electrons. The summed E-state index contributed by atoms with van der Waals surface area (Å²) in [6, 6.07) is 2.70. The van der Waals surface area contributed by atoms with Crippen molar-refractivity contribution in [1.29, 1.82) is 0 Å². The van der Waals surface area contributed by atoms with E-state index in [4.69, 9.17) is 0 Å². The van der Waals surface area contributed by atoms with E-state index in [1.165, 1.54) is 24.0 Å². The van der Waals surface area contributed by atoms with Crippen LogP contribution in [0.1, 0.15) is 23.2 Å². The standard InChI is InChI=1S/C13H16N2O3/c16-12-2-1-11(9-18-12)13(17)15-8-5-10-3-6-14-7-4-10/h1-3,9,14H,4-8H2,(H,15,17). The van der Waals surface area contributed by atoms with Gasteiger partial charge in [0.05, 0.1) is 5.56 Å². The highest BCUT2D eigenvalue weighted by atomic mass is 16.4. The van der Waals surface area contributed by atoms with Gasteiger partial charge in [-0.15, -0.1) is 0 Å². The molecule has 0 unspecified atom stereocenters. The molecule has 0 fully saturated rings. The molecule has 0 aliphatic carbocycles. The monoisotopic (exact) mass is 248 g/mol. The van der Waals surface area contributed by atoms with Crippen molar-refractivity contribution >= 4 is 5.91 Å². The minimum absolute atomic E-state index is 0.215. The summed E-state index contributed by atoms with van der Waals surface area (Å²) in [5.74, 6) is -0.215. The third-order valence-corrected chi connectivity index (χ3v) is 2.85. The molecule has 0 bridgehead atoms. The largest absolute Gasteiger partial charge is 0.430 e. The van der Waals surface area contributed by atoms with Crippen LogP contribution in [-0.2, 0) is 0 Å². The lowest BCUT2D eigenvalue weighted by atomic mass is 10.1. The van der Waals surface area contributed by atoms with Crippen molar-refractivity contribution in [2.45, 2.75) is 12.8 Å². The van der Waals surface area contributed by atoms with Crippen molar-refractivity contribution in [2.24, 2.45) is 0 Å². The lowest BCUT2D eigenvalue weighted by molar-refractivity contribution is 0.0951. The average Bonchev–Trinajstić information content (AvgIpc) is 2.40. The quantitative estimate of drug-likeness (QED) is 0.769. The van der Waals surface area contributed by atoms with Gasteiger partial charge in [-0.2, -0.15) is 0 Å². The Kier molecular flexibility index (Phi) is 4.30. The van der Waals surface area contributed by atoms with Crippen molar-refractivity contribution in [3.63, 3.8) is 0 Å². The number of carbonyl (C=O) groups is 1. The van der Waals surface area contributed by atoms with Crippen molar-refractivity contribution in [3.05, 3.63) is 46.0 Å². The summed E-state index contributed by atoms with van der Waals surface area (Å²) in [4.78, 5) is 22.4. The summed E-state index contributed by atoms with van der Waals surface area (Å²) in [6.45, 7) is 2.51. The molecule has 0 saturated heterocycles. The summed E-state index contributed by atoms with van der Waals surface area (Å²) < 4.78 is 4.64. The van der Waals surface area contributed by atoms with E-state index in [9.17, 15) is 9.59 Å². The van der Waals surface area contributed by atoms with Crippen LogP contribution in [0.15, 0.2) is 39.3 Å². The highest BCUT2D eigenvalue weighted by Crippen LogP contribution is 2.08. The van der Waals surface area contributed by atoms with Crippen LogP contribution in [0.5, 0.6) is 0 Å². The molecule has 1 aromatic rings. The first kappa shape index (κ1) is 12.6. The SMILES string of the molecule is O=C(NCCC1=CCNCC1)c1ccc(=O)oc1. The van der Waals surface area contributed by atoms with E-state index in [0.29, 0.717) is 12.1 Å². The van der Waals surface area contributed by atoms with Crippen LogP contribution in [0, 0.1) is 0 Å². The summed E-state index contributed by atoms with van der Waals surface area (Å²) in [5, 5.41) is 6.04. The lowest BCUT2D eigenvalue weighted by Gasteiger charge is -2.14. The van der Waals surface area contributed by atoms with Gasteiger partial charge in [0, 0.05) is 19.2 Å². The van der Waals surface area contributed by atoms with Crippen LogP contribution < -0.4 is 16.3 Å². The van der Waals surface area contributed by atoms with Gasteiger partial charge < -0.3 is 15.1 Å². The predicted molar refractivity (Wildman–Crippen MR) is 67.5 cm³/mol. The Labute approximate surface area is 105 Å². The zero-order valence-electron chi connectivity index (χ0n) is 10.1. The van der Waals surface area contributed by atoms with Crippen LogP contribution in [-0.4, -0.2) is 25.5 Å². The Morgan fingerprint density at radius 2 is 2.33 bits per heavy atom. The number of amides is 1. The van der Waals surface area contributed by atoms with Gasteiger partial charge in [-0.1, -0.05) is 11.6 Å². The highest BCUT2D eigenvalue weighted by Gasteiger charge is 2.07. The Balaban J connectivity index is 1.79. The van der Waals surface area contributed by atoms with Gasteiger partial charge >= 0.3 is 5.63 Å². The van der Waals surface area contributed by atoms with E-state index < -0.39 is 5.63 Å². The zero-order valence-corrected chi connectivity index (χ0v) is 10.1. The summed E-state index contributed by atoms with van der Waals surface area (Å²) in [7, 11) is 0. The Bertz CT molecular complexity index is 485. The molecule has 2 heterocycles. The van der Waals surface area contributed by atoms with Gasteiger partial charge in [-0.3, -0.25) is 4.79 Å². The van der Waals surface area contributed by atoms with Gasteiger partial charge in [-0.25, -0.2) is 4.79 Å². The number of nitrogens with one attached hydrogen (secondary N) is 2. The molecule has 0 spiro atoms. The minimum Gasteiger partial charge on any atom is -0.430 e. The zero-order chi connectivity index (χ0) is 12.8. The van der Waals surface area contributed by atoms with E-state index in [-0.39, 0.29) is 5.91 Å². The molecular weight excluding hydrogens is 232 g/mol. The van der Waals surface area contributed by atoms with Gasteiger partial charge in [0.25, 0.3) is 5.91 Å². The average molecular weight is 248 g/mol. The molecule has 2 N–H and O–H groups in total. The van der Waals surface area contributed by atoms with Crippen LogP contribution in [0.3, 0.4) is 0 Å². The maximum atomic E-state index is 11.7. The third kappa shape index (κ3) is 3.56. The minimum atomic E-state index is -0.452. The first-order valence-electron chi connectivity index (χ1n) is 6.01. The summed E-state index contributed by atoms with van der Waals surface area (Å²) >= 11 is 0. The normalized spacial score (nSPS) is 15.0. The fourth-order valence-corrected chi connectivity index (χ4v) is 1.82.